The number of hydrogen-bond donors (Lipinski definition) is 1. The highest BCUT2D eigenvalue weighted by Crippen LogP contribution is 2.10. The van der Waals surface area contributed by atoms with E-state index < -0.39 is 0 Å². The van der Waals surface area contributed by atoms with Crippen molar-refractivity contribution in [1.29, 1.82) is 0 Å². The van der Waals surface area contributed by atoms with Crippen LogP contribution in [0.4, 0.5) is 0 Å². The summed E-state index contributed by atoms with van der Waals surface area (Å²) in [6.07, 6.45) is 7.11. The van der Waals surface area contributed by atoms with Gasteiger partial charge in [-0.25, -0.2) is 4.98 Å². The van der Waals surface area contributed by atoms with Gasteiger partial charge in [-0.05, 0) is 19.4 Å². The lowest BCUT2D eigenvalue weighted by atomic mass is 10.3. The standard InChI is InChI=1S/C15H25N5/c1-5-13(4)20-7-6-14(18-20)9-19-10-15(17-11-19)8-16-12(2)3/h6-7,10-13,16H,5,8-9H2,1-4H3. The first kappa shape index (κ1) is 14.8. The molecule has 0 aliphatic rings. The zero-order valence-corrected chi connectivity index (χ0v) is 12.9. The quantitative estimate of drug-likeness (QED) is 0.845. The summed E-state index contributed by atoms with van der Waals surface area (Å²) in [4.78, 5) is 4.41. The Morgan fingerprint density at radius 2 is 2.05 bits per heavy atom. The molecule has 2 heterocycles. The van der Waals surface area contributed by atoms with E-state index in [9.17, 15) is 0 Å². The molecule has 20 heavy (non-hydrogen) atoms. The molecule has 5 heteroatoms. The van der Waals surface area contributed by atoms with Crippen LogP contribution in [0.5, 0.6) is 0 Å². The Balaban J connectivity index is 1.94. The molecule has 0 bridgehead atoms. The normalized spacial score (nSPS) is 13.1. The predicted molar refractivity (Wildman–Crippen MR) is 80.5 cm³/mol. The van der Waals surface area contributed by atoms with Gasteiger partial charge in [0.2, 0.25) is 0 Å². The molecule has 2 aromatic rings. The van der Waals surface area contributed by atoms with E-state index in [-0.39, 0.29) is 0 Å². The van der Waals surface area contributed by atoms with Crippen LogP contribution in [-0.2, 0) is 13.1 Å². The van der Waals surface area contributed by atoms with Gasteiger partial charge >= 0.3 is 0 Å². The summed E-state index contributed by atoms with van der Waals surface area (Å²) in [5.41, 5.74) is 2.14. The van der Waals surface area contributed by atoms with Crippen LogP contribution in [0.15, 0.2) is 24.8 Å². The van der Waals surface area contributed by atoms with Crippen LogP contribution in [0.25, 0.3) is 0 Å². The van der Waals surface area contributed by atoms with E-state index in [1.54, 1.807) is 0 Å². The van der Waals surface area contributed by atoms with Gasteiger partial charge in [0.15, 0.2) is 0 Å². The molecule has 1 atom stereocenters. The number of hydrogen-bond acceptors (Lipinski definition) is 3. The van der Waals surface area contributed by atoms with Gasteiger partial charge in [0.25, 0.3) is 0 Å². The molecule has 0 amide bonds. The molecule has 1 unspecified atom stereocenters. The maximum atomic E-state index is 4.61. The van der Waals surface area contributed by atoms with E-state index in [4.69, 9.17) is 0 Å². The highest BCUT2D eigenvalue weighted by Gasteiger charge is 2.06. The van der Waals surface area contributed by atoms with E-state index in [0.717, 1.165) is 30.9 Å². The minimum atomic E-state index is 0.456. The Kier molecular flexibility index (Phi) is 4.95. The van der Waals surface area contributed by atoms with Crippen LogP contribution in [0.3, 0.4) is 0 Å². The molecule has 0 saturated carbocycles. The first-order valence-electron chi connectivity index (χ1n) is 7.36. The molecule has 0 radical (unpaired) electrons. The Hall–Kier alpha value is -1.62. The van der Waals surface area contributed by atoms with Crippen molar-refractivity contribution >= 4 is 0 Å². The van der Waals surface area contributed by atoms with Gasteiger partial charge in [-0.15, -0.1) is 0 Å². The third-order valence-electron chi connectivity index (χ3n) is 3.43. The molecule has 110 valence electrons. The molecular weight excluding hydrogens is 250 g/mol. The fourth-order valence-corrected chi connectivity index (χ4v) is 1.97. The summed E-state index contributed by atoms with van der Waals surface area (Å²) in [6, 6.07) is 3.02. The van der Waals surface area contributed by atoms with Crippen molar-refractivity contribution in [3.8, 4) is 0 Å². The second kappa shape index (κ2) is 6.70. The fraction of sp³-hybridized carbons (Fsp3) is 0.600. The van der Waals surface area contributed by atoms with E-state index in [0.29, 0.717) is 12.1 Å². The summed E-state index contributed by atoms with van der Waals surface area (Å²) in [5, 5.41) is 7.98. The van der Waals surface area contributed by atoms with E-state index in [2.05, 4.69) is 66.1 Å². The minimum absolute atomic E-state index is 0.456. The van der Waals surface area contributed by atoms with Crippen LogP contribution in [0.2, 0.25) is 0 Å². The number of nitrogens with zero attached hydrogens (tertiary/aromatic N) is 4. The van der Waals surface area contributed by atoms with Gasteiger partial charge in [-0.2, -0.15) is 5.10 Å². The van der Waals surface area contributed by atoms with Crippen molar-refractivity contribution < 1.29 is 0 Å². The van der Waals surface area contributed by atoms with Gasteiger partial charge in [0, 0.05) is 31.0 Å². The maximum Gasteiger partial charge on any atom is 0.0953 e. The van der Waals surface area contributed by atoms with Crippen molar-refractivity contribution in [3.63, 3.8) is 0 Å². The Bertz CT molecular complexity index is 526. The molecule has 0 aliphatic heterocycles. The SMILES string of the molecule is CCC(C)n1ccc(Cn2cnc(CNC(C)C)c2)n1. The van der Waals surface area contributed by atoms with Gasteiger partial charge in [0.1, 0.15) is 0 Å². The van der Waals surface area contributed by atoms with Crippen molar-refractivity contribution in [2.75, 3.05) is 0 Å². The Morgan fingerprint density at radius 3 is 2.75 bits per heavy atom. The molecule has 2 rings (SSSR count). The van der Waals surface area contributed by atoms with Crippen LogP contribution in [0.1, 0.15) is 51.5 Å². The highest BCUT2D eigenvalue weighted by atomic mass is 15.3. The van der Waals surface area contributed by atoms with Gasteiger partial charge in [0.05, 0.1) is 24.3 Å². The summed E-state index contributed by atoms with van der Waals surface area (Å²) >= 11 is 0. The molecule has 5 nitrogen and oxygen atoms in total. The average Bonchev–Trinajstić information content (AvgIpc) is 3.05. The van der Waals surface area contributed by atoms with Crippen molar-refractivity contribution in [2.24, 2.45) is 0 Å². The molecule has 0 fully saturated rings. The van der Waals surface area contributed by atoms with Crippen molar-refractivity contribution in [1.82, 2.24) is 24.6 Å². The van der Waals surface area contributed by atoms with E-state index in [1.807, 2.05) is 11.0 Å². The lowest BCUT2D eigenvalue weighted by Crippen LogP contribution is -2.21. The topological polar surface area (TPSA) is 47.7 Å². The number of rotatable bonds is 7. The van der Waals surface area contributed by atoms with Crippen LogP contribution in [0, 0.1) is 0 Å². The molecule has 0 spiro atoms. The first-order chi connectivity index (χ1) is 9.58. The zero-order valence-electron chi connectivity index (χ0n) is 12.9. The number of nitrogens with one attached hydrogen (secondary N) is 1. The summed E-state index contributed by atoms with van der Waals surface area (Å²) in [7, 11) is 0. The highest BCUT2D eigenvalue weighted by molar-refractivity contribution is 5.04. The second-order valence-corrected chi connectivity index (χ2v) is 5.62. The first-order valence-corrected chi connectivity index (χ1v) is 7.36. The number of imidazole rings is 1. The molecular formula is C15H25N5. The second-order valence-electron chi connectivity index (χ2n) is 5.62. The van der Waals surface area contributed by atoms with Crippen molar-refractivity contribution in [3.05, 3.63) is 36.2 Å². The van der Waals surface area contributed by atoms with Gasteiger partial charge in [-0.1, -0.05) is 20.8 Å². The summed E-state index contributed by atoms with van der Waals surface area (Å²) in [6.45, 7) is 10.2. The van der Waals surface area contributed by atoms with Gasteiger partial charge < -0.3 is 9.88 Å². The average molecular weight is 275 g/mol. The Labute approximate surface area is 121 Å². The van der Waals surface area contributed by atoms with Gasteiger partial charge in [-0.3, -0.25) is 4.68 Å². The maximum absolute atomic E-state index is 4.61. The molecule has 1 N–H and O–H groups in total. The fourth-order valence-electron chi connectivity index (χ4n) is 1.97. The largest absolute Gasteiger partial charge is 0.331 e. The van der Waals surface area contributed by atoms with E-state index in [1.165, 1.54) is 0 Å². The third-order valence-corrected chi connectivity index (χ3v) is 3.43. The van der Waals surface area contributed by atoms with Crippen LogP contribution in [-0.4, -0.2) is 25.4 Å². The molecule has 0 saturated heterocycles. The van der Waals surface area contributed by atoms with Crippen LogP contribution < -0.4 is 5.32 Å². The molecule has 2 aromatic heterocycles. The summed E-state index contributed by atoms with van der Waals surface area (Å²) < 4.78 is 4.12. The zero-order chi connectivity index (χ0) is 14.5. The molecule has 0 aromatic carbocycles. The monoisotopic (exact) mass is 275 g/mol. The van der Waals surface area contributed by atoms with Crippen molar-refractivity contribution in [2.45, 2.75) is 59.3 Å². The smallest absolute Gasteiger partial charge is 0.0953 e. The Morgan fingerprint density at radius 1 is 1.25 bits per heavy atom. The van der Waals surface area contributed by atoms with Crippen LogP contribution >= 0.6 is 0 Å². The molecule has 0 aliphatic carbocycles. The summed E-state index contributed by atoms with van der Waals surface area (Å²) in [5.74, 6) is 0. The minimum Gasteiger partial charge on any atom is -0.331 e. The van der Waals surface area contributed by atoms with E-state index >= 15 is 0 Å². The third kappa shape index (κ3) is 3.93. The predicted octanol–water partition coefficient (Wildman–Crippen LogP) is 2.60. The lowest BCUT2D eigenvalue weighted by Gasteiger charge is -2.08. The number of aromatic nitrogens is 4. The lowest BCUT2D eigenvalue weighted by molar-refractivity contribution is 0.472.